The van der Waals surface area contributed by atoms with Gasteiger partial charge in [0, 0.05) is 17.5 Å². The monoisotopic (exact) mass is 205 g/mol. The highest BCUT2D eigenvalue weighted by Gasteiger charge is 1.97. The van der Waals surface area contributed by atoms with Gasteiger partial charge in [0.25, 0.3) is 0 Å². The van der Waals surface area contributed by atoms with Gasteiger partial charge in [0.2, 0.25) is 0 Å². The average molecular weight is 206 g/mol. The van der Waals surface area contributed by atoms with Crippen LogP contribution in [0, 0.1) is 0 Å². The Labute approximate surface area is 84.6 Å². The van der Waals surface area contributed by atoms with E-state index in [1.165, 1.54) is 11.3 Å². The Kier molecular flexibility index (Phi) is 6.44. The summed E-state index contributed by atoms with van der Waals surface area (Å²) in [5, 5.41) is 5.56. The molecule has 0 saturated heterocycles. The minimum atomic E-state index is 0. The Balaban J connectivity index is 0.00000121. The second kappa shape index (κ2) is 6.46. The quantitative estimate of drug-likeness (QED) is 0.797. The molecular weight excluding hydrogens is 190 g/mol. The van der Waals surface area contributed by atoms with Crippen molar-refractivity contribution < 1.29 is 0 Å². The molecule has 1 aromatic rings. The summed E-state index contributed by atoms with van der Waals surface area (Å²) in [5.41, 5.74) is 0. The first-order valence-electron chi connectivity index (χ1n) is 4.08. The van der Waals surface area contributed by atoms with Gasteiger partial charge in [-0.3, -0.25) is 0 Å². The molecule has 1 unspecified atom stereocenters. The molecule has 12 heavy (non-hydrogen) atoms. The summed E-state index contributed by atoms with van der Waals surface area (Å²) in [5.74, 6) is 0. The Bertz CT molecular complexity index is 186. The lowest BCUT2D eigenvalue weighted by molar-refractivity contribution is 0.537. The Hall–Kier alpha value is -0.0500. The fourth-order valence-corrected chi connectivity index (χ4v) is 1.49. The molecule has 1 rings (SSSR count). The molecule has 0 amide bonds. The highest BCUT2D eigenvalue weighted by atomic mass is 35.5. The number of nitrogens with one attached hydrogen (secondary N) is 1. The van der Waals surface area contributed by atoms with E-state index < -0.39 is 0 Å². The second-order valence-electron chi connectivity index (χ2n) is 2.77. The van der Waals surface area contributed by atoms with E-state index in [2.05, 4.69) is 36.7 Å². The lowest BCUT2D eigenvalue weighted by atomic mass is 10.2. The van der Waals surface area contributed by atoms with Crippen LogP contribution >= 0.6 is 23.7 Å². The first kappa shape index (κ1) is 11.9. The zero-order chi connectivity index (χ0) is 8.10. The van der Waals surface area contributed by atoms with Gasteiger partial charge in [0.15, 0.2) is 0 Å². The largest absolute Gasteiger partial charge is 0.309 e. The molecule has 70 valence electrons. The molecule has 1 aromatic heterocycles. The van der Waals surface area contributed by atoms with Crippen LogP contribution in [0.3, 0.4) is 0 Å². The summed E-state index contributed by atoms with van der Waals surface area (Å²) in [6.07, 6.45) is 1.20. The van der Waals surface area contributed by atoms with Crippen molar-refractivity contribution in [1.29, 1.82) is 0 Å². The van der Waals surface area contributed by atoms with Gasteiger partial charge in [0.05, 0.1) is 0 Å². The number of hydrogen-bond acceptors (Lipinski definition) is 2. The van der Waals surface area contributed by atoms with Gasteiger partial charge in [-0.25, -0.2) is 0 Å². The number of hydrogen-bond donors (Lipinski definition) is 1. The van der Waals surface area contributed by atoms with E-state index in [-0.39, 0.29) is 12.4 Å². The first-order valence-corrected chi connectivity index (χ1v) is 4.96. The molecule has 0 aliphatic heterocycles. The molecule has 0 spiro atoms. The molecule has 0 saturated carbocycles. The van der Waals surface area contributed by atoms with E-state index in [0.29, 0.717) is 6.04 Å². The van der Waals surface area contributed by atoms with Crippen LogP contribution in [-0.4, -0.2) is 6.04 Å². The van der Waals surface area contributed by atoms with Crippen molar-refractivity contribution in [3.8, 4) is 0 Å². The maximum atomic E-state index is 3.45. The van der Waals surface area contributed by atoms with Crippen LogP contribution in [0.2, 0.25) is 0 Å². The molecule has 0 aliphatic carbocycles. The maximum Gasteiger partial charge on any atom is 0.0302 e. The minimum absolute atomic E-state index is 0. The topological polar surface area (TPSA) is 12.0 Å². The molecule has 0 aromatic carbocycles. The van der Waals surface area contributed by atoms with E-state index in [0.717, 1.165) is 6.54 Å². The summed E-state index contributed by atoms with van der Waals surface area (Å²) in [6, 6.07) is 4.90. The minimum Gasteiger partial charge on any atom is -0.309 e. The van der Waals surface area contributed by atoms with Gasteiger partial charge >= 0.3 is 0 Å². The third-order valence-corrected chi connectivity index (χ3v) is 2.69. The summed E-state index contributed by atoms with van der Waals surface area (Å²) in [4.78, 5) is 1.42. The van der Waals surface area contributed by atoms with Crippen molar-refractivity contribution in [2.24, 2.45) is 0 Å². The second-order valence-corrected chi connectivity index (χ2v) is 3.80. The predicted molar refractivity (Wildman–Crippen MR) is 58.2 cm³/mol. The van der Waals surface area contributed by atoms with E-state index in [1.54, 1.807) is 0 Å². The molecule has 1 N–H and O–H groups in total. The van der Waals surface area contributed by atoms with E-state index >= 15 is 0 Å². The number of thiophene rings is 1. The van der Waals surface area contributed by atoms with Crippen LogP contribution in [-0.2, 0) is 6.54 Å². The Morgan fingerprint density at radius 3 is 2.83 bits per heavy atom. The standard InChI is InChI=1S/C9H15NS.ClH/c1-3-8(2)10-7-9-5-4-6-11-9;/h4-6,8,10H,3,7H2,1-2H3;1H. The van der Waals surface area contributed by atoms with Gasteiger partial charge in [0.1, 0.15) is 0 Å². The van der Waals surface area contributed by atoms with Crippen LogP contribution in [0.5, 0.6) is 0 Å². The highest BCUT2D eigenvalue weighted by Crippen LogP contribution is 2.07. The van der Waals surface area contributed by atoms with Crippen molar-refractivity contribution >= 4 is 23.7 Å². The molecule has 1 heterocycles. The fraction of sp³-hybridized carbons (Fsp3) is 0.556. The number of halogens is 1. The fourth-order valence-electron chi connectivity index (χ4n) is 0.832. The molecule has 1 atom stereocenters. The van der Waals surface area contributed by atoms with Crippen LogP contribution in [0.1, 0.15) is 25.1 Å². The molecule has 0 radical (unpaired) electrons. The summed E-state index contributed by atoms with van der Waals surface area (Å²) in [6.45, 7) is 5.44. The SMILES string of the molecule is CCC(C)NCc1cccs1.Cl. The zero-order valence-electron chi connectivity index (χ0n) is 7.54. The van der Waals surface area contributed by atoms with Gasteiger partial charge in [-0.1, -0.05) is 13.0 Å². The van der Waals surface area contributed by atoms with Crippen molar-refractivity contribution in [3.05, 3.63) is 22.4 Å². The highest BCUT2D eigenvalue weighted by molar-refractivity contribution is 7.09. The summed E-state index contributed by atoms with van der Waals surface area (Å²) in [7, 11) is 0. The maximum absolute atomic E-state index is 3.45. The van der Waals surface area contributed by atoms with Crippen molar-refractivity contribution in [1.82, 2.24) is 5.32 Å². The van der Waals surface area contributed by atoms with E-state index in [9.17, 15) is 0 Å². The van der Waals surface area contributed by atoms with Gasteiger partial charge in [-0.05, 0) is 24.8 Å². The van der Waals surface area contributed by atoms with Crippen molar-refractivity contribution in [3.63, 3.8) is 0 Å². The molecular formula is C9H16ClNS. The van der Waals surface area contributed by atoms with Gasteiger partial charge in [-0.15, -0.1) is 23.7 Å². The van der Waals surface area contributed by atoms with Crippen LogP contribution < -0.4 is 5.32 Å². The van der Waals surface area contributed by atoms with Crippen LogP contribution in [0.15, 0.2) is 17.5 Å². The van der Waals surface area contributed by atoms with Crippen molar-refractivity contribution in [2.75, 3.05) is 0 Å². The third-order valence-electron chi connectivity index (χ3n) is 1.82. The average Bonchev–Trinajstić information content (AvgIpc) is 2.52. The van der Waals surface area contributed by atoms with Crippen LogP contribution in [0.4, 0.5) is 0 Å². The Morgan fingerprint density at radius 1 is 1.58 bits per heavy atom. The lowest BCUT2D eigenvalue weighted by Crippen LogP contribution is -2.23. The molecule has 0 bridgehead atoms. The normalized spacial score (nSPS) is 12.2. The molecule has 0 fully saturated rings. The smallest absolute Gasteiger partial charge is 0.0302 e. The molecule has 1 nitrogen and oxygen atoms in total. The Morgan fingerprint density at radius 2 is 2.33 bits per heavy atom. The van der Waals surface area contributed by atoms with Gasteiger partial charge in [-0.2, -0.15) is 0 Å². The molecule has 3 heteroatoms. The van der Waals surface area contributed by atoms with E-state index in [1.807, 2.05) is 11.3 Å². The zero-order valence-corrected chi connectivity index (χ0v) is 9.17. The van der Waals surface area contributed by atoms with Crippen molar-refractivity contribution in [2.45, 2.75) is 32.9 Å². The lowest BCUT2D eigenvalue weighted by Gasteiger charge is -2.09. The van der Waals surface area contributed by atoms with E-state index in [4.69, 9.17) is 0 Å². The third kappa shape index (κ3) is 4.10. The number of rotatable bonds is 4. The van der Waals surface area contributed by atoms with Gasteiger partial charge < -0.3 is 5.32 Å². The van der Waals surface area contributed by atoms with Crippen LogP contribution in [0.25, 0.3) is 0 Å². The summed E-state index contributed by atoms with van der Waals surface area (Å²) < 4.78 is 0. The predicted octanol–water partition coefficient (Wildman–Crippen LogP) is 3.06. The summed E-state index contributed by atoms with van der Waals surface area (Å²) >= 11 is 1.81. The molecule has 0 aliphatic rings. The first-order chi connectivity index (χ1) is 5.33.